The van der Waals surface area contributed by atoms with Gasteiger partial charge in [0.15, 0.2) is 0 Å². The van der Waals surface area contributed by atoms with Crippen LogP contribution < -0.4 is 4.90 Å². The molecule has 0 saturated carbocycles. The van der Waals surface area contributed by atoms with Crippen molar-refractivity contribution in [1.82, 2.24) is 0 Å². The highest BCUT2D eigenvalue weighted by Crippen LogP contribution is 2.27. The third-order valence-electron chi connectivity index (χ3n) is 3.53. The quantitative estimate of drug-likeness (QED) is 0.867. The number of aryl methyl sites for hydroxylation is 1. The van der Waals surface area contributed by atoms with Gasteiger partial charge in [0.2, 0.25) is 0 Å². The van der Waals surface area contributed by atoms with Crippen LogP contribution in [0.3, 0.4) is 0 Å². The van der Waals surface area contributed by atoms with Crippen LogP contribution in [0.4, 0.5) is 5.69 Å². The van der Waals surface area contributed by atoms with E-state index >= 15 is 0 Å². The molecule has 0 aliphatic rings. The third kappa shape index (κ3) is 3.22. The molecule has 1 aromatic rings. The molecule has 0 aliphatic carbocycles. The topological polar surface area (TPSA) is 23.5 Å². The molecule has 2 nitrogen and oxygen atoms in total. The zero-order valence-corrected chi connectivity index (χ0v) is 12.0. The van der Waals surface area contributed by atoms with Crippen molar-refractivity contribution < 1.29 is 5.11 Å². The van der Waals surface area contributed by atoms with Gasteiger partial charge < -0.3 is 10.0 Å². The summed E-state index contributed by atoms with van der Waals surface area (Å²) in [5.41, 5.74) is 5.22. The molecule has 0 bridgehead atoms. The first-order valence-corrected chi connectivity index (χ1v) is 6.17. The fourth-order valence-corrected chi connectivity index (χ4v) is 2.13. The van der Waals surface area contributed by atoms with E-state index in [1.807, 2.05) is 0 Å². The molecular formula is C15H25NO. The number of aliphatic hydroxyl groups excluding tert-OH is 1. The summed E-state index contributed by atoms with van der Waals surface area (Å²) in [5, 5.41) is 9.33. The molecule has 0 unspecified atom stereocenters. The molecule has 0 aliphatic heterocycles. The maximum atomic E-state index is 9.33. The van der Waals surface area contributed by atoms with Gasteiger partial charge in [-0.3, -0.25) is 0 Å². The molecule has 0 saturated heterocycles. The number of rotatable bonds is 4. The van der Waals surface area contributed by atoms with Gasteiger partial charge in [0.25, 0.3) is 0 Å². The summed E-state index contributed by atoms with van der Waals surface area (Å²) in [6, 6.07) is 4.34. The van der Waals surface area contributed by atoms with Gasteiger partial charge in [0.1, 0.15) is 0 Å². The second-order valence-corrected chi connectivity index (χ2v) is 5.83. The van der Waals surface area contributed by atoms with Crippen molar-refractivity contribution >= 4 is 5.69 Å². The molecule has 0 heterocycles. The van der Waals surface area contributed by atoms with Crippen LogP contribution in [0.15, 0.2) is 12.1 Å². The Morgan fingerprint density at radius 2 is 1.71 bits per heavy atom. The van der Waals surface area contributed by atoms with E-state index in [2.05, 4.69) is 58.7 Å². The lowest BCUT2D eigenvalue weighted by Crippen LogP contribution is -2.34. The van der Waals surface area contributed by atoms with Gasteiger partial charge in [0, 0.05) is 31.3 Å². The lowest BCUT2D eigenvalue weighted by molar-refractivity contribution is 0.165. The Bertz CT molecular complexity index is 396. The van der Waals surface area contributed by atoms with Crippen molar-refractivity contribution in [3.63, 3.8) is 0 Å². The maximum absolute atomic E-state index is 9.33. The summed E-state index contributed by atoms with van der Waals surface area (Å²) in [6.07, 6.45) is 0. The second kappa shape index (κ2) is 5.09. The van der Waals surface area contributed by atoms with Crippen LogP contribution in [0.5, 0.6) is 0 Å². The zero-order chi connectivity index (χ0) is 13.2. The SMILES string of the molecule is Cc1ccc(N(C)CC(C)(C)CO)c(C)c1C. The Labute approximate surface area is 105 Å². The first-order chi connectivity index (χ1) is 7.78. The molecule has 0 atom stereocenters. The average Bonchev–Trinajstić information content (AvgIpc) is 2.25. The van der Waals surface area contributed by atoms with Crippen LogP contribution in [0.2, 0.25) is 0 Å². The number of benzene rings is 1. The molecule has 96 valence electrons. The standard InChI is InChI=1S/C15H25NO/c1-11-7-8-14(13(3)12(11)2)16(6)9-15(4,5)10-17/h7-8,17H,9-10H2,1-6H3. The Morgan fingerprint density at radius 3 is 2.24 bits per heavy atom. The summed E-state index contributed by atoms with van der Waals surface area (Å²) < 4.78 is 0. The van der Waals surface area contributed by atoms with E-state index in [0.717, 1.165) is 6.54 Å². The Kier molecular flexibility index (Phi) is 4.21. The molecule has 0 aromatic heterocycles. The lowest BCUT2D eigenvalue weighted by Gasteiger charge is -2.31. The minimum Gasteiger partial charge on any atom is -0.396 e. The largest absolute Gasteiger partial charge is 0.396 e. The van der Waals surface area contributed by atoms with Crippen LogP contribution in [-0.2, 0) is 0 Å². The minimum absolute atomic E-state index is 0.0695. The molecule has 1 N–H and O–H groups in total. The number of aliphatic hydroxyl groups is 1. The van der Waals surface area contributed by atoms with Gasteiger partial charge in [-0.25, -0.2) is 0 Å². The van der Waals surface area contributed by atoms with Crippen LogP contribution in [0.25, 0.3) is 0 Å². The molecule has 0 radical (unpaired) electrons. The monoisotopic (exact) mass is 235 g/mol. The second-order valence-electron chi connectivity index (χ2n) is 5.83. The van der Waals surface area contributed by atoms with Crippen LogP contribution in [0, 0.1) is 26.2 Å². The molecule has 0 fully saturated rings. The van der Waals surface area contributed by atoms with Gasteiger partial charge in [-0.1, -0.05) is 19.9 Å². The Morgan fingerprint density at radius 1 is 1.12 bits per heavy atom. The smallest absolute Gasteiger partial charge is 0.0499 e. The minimum atomic E-state index is -0.0695. The highest BCUT2D eigenvalue weighted by atomic mass is 16.3. The van der Waals surface area contributed by atoms with E-state index in [-0.39, 0.29) is 12.0 Å². The van der Waals surface area contributed by atoms with Crippen LogP contribution >= 0.6 is 0 Å². The van der Waals surface area contributed by atoms with Gasteiger partial charge >= 0.3 is 0 Å². The highest BCUT2D eigenvalue weighted by Gasteiger charge is 2.20. The van der Waals surface area contributed by atoms with E-state index in [9.17, 15) is 5.11 Å². The van der Waals surface area contributed by atoms with Crippen molar-refractivity contribution in [3.8, 4) is 0 Å². The van der Waals surface area contributed by atoms with Gasteiger partial charge in [-0.2, -0.15) is 0 Å². The Balaban J connectivity index is 2.98. The number of nitrogens with zero attached hydrogens (tertiary/aromatic N) is 1. The maximum Gasteiger partial charge on any atom is 0.0499 e. The highest BCUT2D eigenvalue weighted by molar-refractivity contribution is 5.57. The van der Waals surface area contributed by atoms with Crippen molar-refractivity contribution in [1.29, 1.82) is 0 Å². The molecule has 1 rings (SSSR count). The zero-order valence-electron chi connectivity index (χ0n) is 12.0. The van der Waals surface area contributed by atoms with E-state index in [1.54, 1.807) is 0 Å². The Hall–Kier alpha value is -1.02. The normalized spacial score (nSPS) is 11.7. The molecule has 2 heteroatoms. The average molecular weight is 235 g/mol. The molecule has 0 spiro atoms. The van der Waals surface area contributed by atoms with Crippen molar-refractivity contribution in [2.75, 3.05) is 25.1 Å². The van der Waals surface area contributed by atoms with Gasteiger partial charge in [0.05, 0.1) is 0 Å². The number of hydrogen-bond donors (Lipinski definition) is 1. The molecule has 17 heavy (non-hydrogen) atoms. The number of hydrogen-bond acceptors (Lipinski definition) is 2. The lowest BCUT2D eigenvalue weighted by atomic mass is 9.93. The van der Waals surface area contributed by atoms with E-state index in [4.69, 9.17) is 0 Å². The van der Waals surface area contributed by atoms with Gasteiger partial charge in [-0.05, 0) is 43.5 Å². The summed E-state index contributed by atoms with van der Waals surface area (Å²) in [5.74, 6) is 0. The van der Waals surface area contributed by atoms with Crippen molar-refractivity contribution in [3.05, 3.63) is 28.8 Å². The summed E-state index contributed by atoms with van der Waals surface area (Å²) in [6.45, 7) is 11.7. The molecule has 1 aromatic carbocycles. The fraction of sp³-hybridized carbons (Fsp3) is 0.600. The molecule has 0 amide bonds. The van der Waals surface area contributed by atoms with Crippen molar-refractivity contribution in [2.45, 2.75) is 34.6 Å². The van der Waals surface area contributed by atoms with Crippen LogP contribution in [0.1, 0.15) is 30.5 Å². The van der Waals surface area contributed by atoms with E-state index in [1.165, 1.54) is 22.4 Å². The third-order valence-corrected chi connectivity index (χ3v) is 3.53. The van der Waals surface area contributed by atoms with Crippen LogP contribution in [-0.4, -0.2) is 25.3 Å². The van der Waals surface area contributed by atoms with Crippen molar-refractivity contribution in [2.24, 2.45) is 5.41 Å². The van der Waals surface area contributed by atoms with E-state index < -0.39 is 0 Å². The fourth-order valence-electron chi connectivity index (χ4n) is 2.13. The first kappa shape index (κ1) is 14.0. The first-order valence-electron chi connectivity index (χ1n) is 6.17. The summed E-state index contributed by atoms with van der Waals surface area (Å²) in [4.78, 5) is 2.23. The predicted molar refractivity (Wildman–Crippen MR) is 74.8 cm³/mol. The molecular weight excluding hydrogens is 210 g/mol. The number of anilines is 1. The summed E-state index contributed by atoms with van der Waals surface area (Å²) in [7, 11) is 2.09. The van der Waals surface area contributed by atoms with Gasteiger partial charge in [-0.15, -0.1) is 0 Å². The predicted octanol–water partition coefficient (Wildman–Crippen LogP) is 3.07. The summed E-state index contributed by atoms with van der Waals surface area (Å²) >= 11 is 0. The van der Waals surface area contributed by atoms with E-state index in [0.29, 0.717) is 0 Å².